The van der Waals surface area contributed by atoms with Crippen LogP contribution in [0, 0.1) is 16.0 Å². The molecular formula is C35H35N5O6S2. The van der Waals surface area contributed by atoms with Gasteiger partial charge in [0.2, 0.25) is 0 Å². The van der Waals surface area contributed by atoms with E-state index in [1.165, 1.54) is 43.5 Å². The summed E-state index contributed by atoms with van der Waals surface area (Å²) in [6.07, 6.45) is 5.93. The lowest BCUT2D eigenvalue weighted by molar-refractivity contribution is -0.384. The number of anilines is 1. The number of nitro benzene ring substituents is 1. The fraction of sp³-hybridized carbons (Fsp3) is 0.257. The monoisotopic (exact) mass is 685 g/mol. The second-order valence-electron chi connectivity index (χ2n) is 11.8. The number of fused-ring (bicyclic) bond motifs is 1. The number of thioether (sulfide) groups is 1. The van der Waals surface area contributed by atoms with Gasteiger partial charge in [0.05, 0.1) is 20.9 Å². The number of rotatable bonds is 12. The van der Waals surface area contributed by atoms with Crippen LogP contribution in [-0.2, 0) is 16.6 Å². The average Bonchev–Trinajstić information content (AvgIpc) is 3.40. The Morgan fingerprint density at radius 3 is 2.40 bits per heavy atom. The van der Waals surface area contributed by atoms with Crippen molar-refractivity contribution in [3.8, 4) is 11.1 Å². The van der Waals surface area contributed by atoms with Gasteiger partial charge in [-0.2, -0.15) is 0 Å². The van der Waals surface area contributed by atoms with Gasteiger partial charge in [-0.3, -0.25) is 19.5 Å². The number of sulfonamides is 1. The Morgan fingerprint density at radius 1 is 0.938 bits per heavy atom. The number of benzene rings is 4. The van der Waals surface area contributed by atoms with Crippen LogP contribution in [0.5, 0.6) is 0 Å². The maximum atomic E-state index is 13.1. The van der Waals surface area contributed by atoms with E-state index in [1.807, 2.05) is 57.8 Å². The lowest BCUT2D eigenvalue weighted by atomic mass is 9.89. The number of aromatic amines is 1. The highest BCUT2D eigenvalue weighted by Gasteiger charge is 2.24. The van der Waals surface area contributed by atoms with Gasteiger partial charge in [0.25, 0.3) is 21.6 Å². The molecule has 6 rings (SSSR count). The minimum Gasteiger partial charge on any atom is -0.379 e. The number of nitrogens with one attached hydrogen (secondary N) is 3. The molecule has 4 aromatic carbocycles. The third-order valence-electron chi connectivity index (χ3n) is 8.55. The van der Waals surface area contributed by atoms with Crippen LogP contribution >= 0.6 is 11.8 Å². The van der Waals surface area contributed by atoms with Crippen molar-refractivity contribution in [3.63, 3.8) is 0 Å². The number of aromatic nitrogens is 2. The molecule has 1 fully saturated rings. The minimum absolute atomic E-state index is 0.0964. The molecule has 0 saturated heterocycles. The fourth-order valence-corrected chi connectivity index (χ4v) is 7.84. The molecule has 48 heavy (non-hydrogen) atoms. The van der Waals surface area contributed by atoms with Gasteiger partial charge < -0.3 is 10.3 Å². The lowest BCUT2D eigenvalue weighted by Gasteiger charge is -2.21. The van der Waals surface area contributed by atoms with E-state index in [1.54, 1.807) is 23.9 Å². The molecule has 1 heterocycles. The standard InChI is InChI=1S/C35H35N5O6S2/c41-34(38-48(45,46)29-16-17-30(33(22-29)40(43)44)36-19-20-47-28-9-5-2-6-10-28)26-13-11-25(12-14-26)27-15-18-32-31(21-27)37-35(42)39(32)23-24-7-3-1-4-8-24/h2,5-6,9-18,21-22,24,36H,1,3-4,7-8,19-20,23H2,(H,37,42)(H,38,41). The van der Waals surface area contributed by atoms with Crippen LogP contribution in [0.25, 0.3) is 22.2 Å². The molecule has 248 valence electrons. The first kappa shape index (κ1) is 33.0. The summed E-state index contributed by atoms with van der Waals surface area (Å²) in [5, 5.41) is 14.8. The number of hydrogen-bond acceptors (Lipinski definition) is 8. The number of hydrogen-bond donors (Lipinski definition) is 3. The molecule has 1 amide bonds. The number of nitrogens with zero attached hydrogens (tertiary/aromatic N) is 2. The highest BCUT2D eigenvalue weighted by molar-refractivity contribution is 7.99. The first-order chi connectivity index (χ1) is 23.2. The molecule has 0 unspecified atom stereocenters. The van der Waals surface area contributed by atoms with Crippen LogP contribution in [0.1, 0.15) is 42.5 Å². The molecule has 0 atom stereocenters. The zero-order chi connectivity index (χ0) is 33.7. The van der Waals surface area contributed by atoms with Crippen LogP contribution < -0.4 is 15.7 Å². The number of H-pyrrole nitrogens is 1. The number of imidazole rings is 1. The van der Waals surface area contributed by atoms with Gasteiger partial charge in [0, 0.05) is 35.4 Å². The Labute approximate surface area is 282 Å². The summed E-state index contributed by atoms with van der Waals surface area (Å²) in [4.78, 5) is 40.4. The van der Waals surface area contributed by atoms with Gasteiger partial charge in [-0.1, -0.05) is 55.7 Å². The van der Waals surface area contributed by atoms with E-state index in [-0.39, 0.29) is 16.9 Å². The second kappa shape index (κ2) is 14.5. The Balaban J connectivity index is 1.11. The van der Waals surface area contributed by atoms with Crippen LogP contribution in [0.2, 0.25) is 0 Å². The van der Waals surface area contributed by atoms with Crippen molar-refractivity contribution in [1.29, 1.82) is 0 Å². The number of carbonyl (C=O) groups excluding carboxylic acids is 1. The van der Waals surface area contributed by atoms with Crippen LogP contribution in [0.3, 0.4) is 0 Å². The van der Waals surface area contributed by atoms with Gasteiger partial charge in [0.15, 0.2) is 0 Å². The van der Waals surface area contributed by atoms with Gasteiger partial charge in [-0.05, 0) is 78.4 Å². The first-order valence-corrected chi connectivity index (χ1v) is 18.3. The lowest BCUT2D eigenvalue weighted by Crippen LogP contribution is -2.30. The first-order valence-electron chi connectivity index (χ1n) is 15.8. The highest BCUT2D eigenvalue weighted by atomic mass is 32.2. The third kappa shape index (κ3) is 7.63. The molecule has 11 nitrogen and oxygen atoms in total. The van der Waals surface area contributed by atoms with E-state index in [0.717, 1.165) is 46.0 Å². The van der Waals surface area contributed by atoms with E-state index >= 15 is 0 Å². The quantitative estimate of drug-likeness (QED) is 0.0560. The van der Waals surface area contributed by atoms with E-state index in [0.29, 0.717) is 24.8 Å². The van der Waals surface area contributed by atoms with E-state index < -0.39 is 31.4 Å². The van der Waals surface area contributed by atoms with E-state index in [9.17, 15) is 28.1 Å². The fourth-order valence-electron chi connectivity index (χ4n) is 6.06. The highest BCUT2D eigenvalue weighted by Crippen LogP contribution is 2.30. The molecule has 0 aliphatic heterocycles. The molecule has 1 aliphatic carbocycles. The van der Waals surface area contributed by atoms with Crippen molar-refractivity contribution in [2.75, 3.05) is 17.6 Å². The van der Waals surface area contributed by atoms with Crippen LogP contribution in [-0.4, -0.2) is 41.1 Å². The summed E-state index contributed by atoms with van der Waals surface area (Å²) in [6.45, 7) is 1.12. The summed E-state index contributed by atoms with van der Waals surface area (Å²) < 4.78 is 30.0. The Bertz CT molecular complexity index is 2110. The SMILES string of the molecule is O=C(NS(=O)(=O)c1ccc(NCCSc2ccccc2)c([N+](=O)[O-])c1)c1ccc(-c2ccc3c(c2)[nH]c(=O)n3CC2CCCCC2)cc1. The van der Waals surface area contributed by atoms with Gasteiger partial charge in [0.1, 0.15) is 5.69 Å². The molecule has 1 aliphatic rings. The second-order valence-corrected chi connectivity index (χ2v) is 14.7. The Morgan fingerprint density at radius 2 is 1.67 bits per heavy atom. The summed E-state index contributed by atoms with van der Waals surface area (Å²) in [7, 11) is -4.41. The van der Waals surface area contributed by atoms with Crippen molar-refractivity contribution in [2.45, 2.75) is 48.4 Å². The molecule has 0 spiro atoms. The van der Waals surface area contributed by atoms with Crippen LogP contribution in [0.4, 0.5) is 11.4 Å². The molecule has 13 heteroatoms. The van der Waals surface area contributed by atoms with Gasteiger partial charge in [-0.15, -0.1) is 11.8 Å². The molecule has 3 N–H and O–H groups in total. The van der Waals surface area contributed by atoms with Gasteiger partial charge >= 0.3 is 5.69 Å². The van der Waals surface area contributed by atoms with Crippen molar-refractivity contribution in [3.05, 3.63) is 117 Å². The summed E-state index contributed by atoms with van der Waals surface area (Å²) >= 11 is 1.58. The summed E-state index contributed by atoms with van der Waals surface area (Å²) in [5.74, 6) is 0.269. The topological polar surface area (TPSA) is 156 Å². The molecular weight excluding hydrogens is 651 g/mol. The predicted octanol–water partition coefficient (Wildman–Crippen LogP) is 6.81. The van der Waals surface area contributed by atoms with Gasteiger partial charge in [-0.25, -0.2) is 17.9 Å². The molecule has 5 aromatic rings. The maximum Gasteiger partial charge on any atom is 0.326 e. The molecule has 0 radical (unpaired) electrons. The van der Waals surface area contributed by atoms with Crippen molar-refractivity contribution in [1.82, 2.24) is 14.3 Å². The van der Waals surface area contributed by atoms with E-state index in [4.69, 9.17) is 0 Å². The zero-order valence-electron chi connectivity index (χ0n) is 26.1. The van der Waals surface area contributed by atoms with Crippen molar-refractivity contribution in [2.24, 2.45) is 5.92 Å². The Hall–Kier alpha value is -4.88. The largest absolute Gasteiger partial charge is 0.379 e. The van der Waals surface area contributed by atoms with E-state index in [2.05, 4.69) is 10.3 Å². The smallest absolute Gasteiger partial charge is 0.326 e. The normalized spacial score (nSPS) is 13.8. The third-order valence-corrected chi connectivity index (χ3v) is 10.9. The molecule has 1 saturated carbocycles. The summed E-state index contributed by atoms with van der Waals surface area (Å²) in [6, 6.07) is 25.3. The predicted molar refractivity (Wildman–Crippen MR) is 188 cm³/mol. The molecule has 1 aromatic heterocycles. The Kier molecular flexibility index (Phi) is 9.97. The molecule has 0 bridgehead atoms. The summed E-state index contributed by atoms with van der Waals surface area (Å²) in [5.41, 5.74) is 2.91. The van der Waals surface area contributed by atoms with Crippen LogP contribution in [0.15, 0.2) is 106 Å². The number of nitro groups is 1. The zero-order valence-corrected chi connectivity index (χ0v) is 27.7. The average molecular weight is 686 g/mol. The van der Waals surface area contributed by atoms with Crippen molar-refractivity contribution < 1.29 is 18.1 Å². The number of amides is 1. The maximum absolute atomic E-state index is 13.1. The minimum atomic E-state index is -4.41. The number of carbonyl (C=O) groups is 1. The van der Waals surface area contributed by atoms with Crippen molar-refractivity contribution >= 4 is 50.1 Å².